The van der Waals surface area contributed by atoms with Gasteiger partial charge in [-0.3, -0.25) is 9.59 Å². The first-order chi connectivity index (χ1) is 11.0. The fourth-order valence-corrected chi connectivity index (χ4v) is 2.50. The van der Waals surface area contributed by atoms with E-state index in [4.69, 9.17) is 11.6 Å². The lowest BCUT2D eigenvalue weighted by atomic mass is 10.2. The third-order valence-corrected chi connectivity index (χ3v) is 3.66. The maximum atomic E-state index is 12.7. The molecule has 7 nitrogen and oxygen atoms in total. The normalized spacial score (nSPS) is 10.9. The average molecular weight is 333 g/mol. The van der Waals surface area contributed by atoms with Crippen molar-refractivity contribution >= 4 is 28.5 Å². The summed E-state index contributed by atoms with van der Waals surface area (Å²) in [5, 5.41) is 9.55. The average Bonchev–Trinajstić information content (AvgIpc) is 2.98. The Morgan fingerprint density at radius 1 is 1.39 bits per heavy atom. The third kappa shape index (κ3) is 2.70. The molecule has 0 unspecified atom stereocenters. The van der Waals surface area contributed by atoms with Gasteiger partial charge in [-0.1, -0.05) is 17.7 Å². The van der Waals surface area contributed by atoms with E-state index in [2.05, 4.69) is 14.9 Å². The molecular formula is C15H13ClN4O3. The van der Waals surface area contributed by atoms with Crippen LogP contribution in [-0.2, 0) is 16.1 Å². The van der Waals surface area contributed by atoms with Crippen LogP contribution in [-0.4, -0.2) is 32.6 Å². The summed E-state index contributed by atoms with van der Waals surface area (Å²) in [5.41, 5.74) is 1.16. The van der Waals surface area contributed by atoms with E-state index in [-0.39, 0.29) is 6.54 Å². The van der Waals surface area contributed by atoms with E-state index in [0.717, 1.165) is 4.68 Å². The van der Waals surface area contributed by atoms with Crippen LogP contribution in [0.4, 0.5) is 0 Å². The fraction of sp³-hybridized carbons (Fsp3) is 0.200. The first kappa shape index (κ1) is 15.2. The van der Waals surface area contributed by atoms with Gasteiger partial charge in [-0.05, 0) is 25.1 Å². The molecule has 0 aliphatic carbocycles. The smallest absolute Gasteiger partial charge is 0.327 e. The molecule has 3 aromatic rings. The molecule has 0 spiro atoms. The molecule has 0 fully saturated rings. The van der Waals surface area contributed by atoms with Crippen LogP contribution < -0.4 is 5.56 Å². The maximum absolute atomic E-state index is 12.7. The van der Waals surface area contributed by atoms with Crippen molar-refractivity contribution in [3.8, 4) is 5.69 Å². The summed E-state index contributed by atoms with van der Waals surface area (Å²) < 4.78 is 7.16. The predicted octanol–water partition coefficient (Wildman–Crippen LogP) is 1.72. The first-order valence-electron chi connectivity index (χ1n) is 6.79. The molecule has 0 aliphatic rings. The SMILES string of the molecule is COC(=O)Cn1nc(C)c2cnn(-c3cccc(Cl)c3)c2c1=O. The van der Waals surface area contributed by atoms with E-state index in [1.165, 1.54) is 11.8 Å². The summed E-state index contributed by atoms with van der Waals surface area (Å²) in [7, 11) is 1.26. The van der Waals surface area contributed by atoms with Crippen LogP contribution in [0.3, 0.4) is 0 Å². The number of hydrogen-bond acceptors (Lipinski definition) is 5. The number of halogens is 1. The molecule has 0 amide bonds. The number of esters is 1. The quantitative estimate of drug-likeness (QED) is 0.682. The van der Waals surface area contributed by atoms with Gasteiger partial charge >= 0.3 is 5.97 Å². The number of carbonyl (C=O) groups is 1. The van der Waals surface area contributed by atoms with Crippen molar-refractivity contribution < 1.29 is 9.53 Å². The van der Waals surface area contributed by atoms with Gasteiger partial charge in [-0.25, -0.2) is 9.36 Å². The largest absolute Gasteiger partial charge is 0.468 e. The van der Waals surface area contributed by atoms with E-state index in [0.29, 0.717) is 27.3 Å². The Balaban J connectivity index is 2.26. The van der Waals surface area contributed by atoms with E-state index in [1.54, 1.807) is 37.4 Å². The van der Waals surface area contributed by atoms with Crippen LogP contribution in [0.15, 0.2) is 35.3 Å². The predicted molar refractivity (Wildman–Crippen MR) is 84.9 cm³/mol. The van der Waals surface area contributed by atoms with Gasteiger partial charge in [0.15, 0.2) is 0 Å². The summed E-state index contributed by atoms with van der Waals surface area (Å²) in [5.74, 6) is -0.549. The number of rotatable bonds is 3. The summed E-state index contributed by atoms with van der Waals surface area (Å²) >= 11 is 6.00. The molecule has 0 N–H and O–H groups in total. The number of aromatic nitrogens is 4. The lowest BCUT2D eigenvalue weighted by molar-refractivity contribution is -0.141. The van der Waals surface area contributed by atoms with Crippen molar-refractivity contribution in [2.24, 2.45) is 0 Å². The monoisotopic (exact) mass is 332 g/mol. The van der Waals surface area contributed by atoms with Crippen molar-refractivity contribution in [3.05, 3.63) is 51.5 Å². The molecular weight excluding hydrogens is 320 g/mol. The van der Waals surface area contributed by atoms with Crippen molar-refractivity contribution in [2.45, 2.75) is 13.5 Å². The van der Waals surface area contributed by atoms with E-state index < -0.39 is 11.5 Å². The number of fused-ring (bicyclic) bond motifs is 1. The van der Waals surface area contributed by atoms with Gasteiger partial charge in [0.05, 0.1) is 24.7 Å². The molecule has 0 atom stereocenters. The molecule has 118 valence electrons. The van der Waals surface area contributed by atoms with Gasteiger partial charge in [-0.15, -0.1) is 0 Å². The number of hydrogen-bond donors (Lipinski definition) is 0. The van der Waals surface area contributed by atoms with Crippen LogP contribution >= 0.6 is 11.6 Å². The number of benzene rings is 1. The zero-order valence-electron chi connectivity index (χ0n) is 12.5. The molecule has 1 aromatic carbocycles. The zero-order chi connectivity index (χ0) is 16.6. The fourth-order valence-electron chi connectivity index (χ4n) is 2.32. The van der Waals surface area contributed by atoms with Crippen molar-refractivity contribution in [1.82, 2.24) is 19.6 Å². The number of ether oxygens (including phenoxy) is 1. The topological polar surface area (TPSA) is 79.0 Å². The van der Waals surface area contributed by atoms with Crippen LogP contribution in [0.1, 0.15) is 5.69 Å². The van der Waals surface area contributed by atoms with Crippen molar-refractivity contribution in [1.29, 1.82) is 0 Å². The molecule has 0 saturated heterocycles. The third-order valence-electron chi connectivity index (χ3n) is 3.43. The molecule has 23 heavy (non-hydrogen) atoms. The second-order valence-electron chi connectivity index (χ2n) is 4.92. The maximum Gasteiger partial charge on any atom is 0.327 e. The minimum atomic E-state index is -0.549. The van der Waals surface area contributed by atoms with Crippen LogP contribution in [0.2, 0.25) is 5.02 Å². The Kier molecular flexibility index (Phi) is 3.87. The Morgan fingerprint density at radius 3 is 2.87 bits per heavy atom. The van der Waals surface area contributed by atoms with Crippen LogP contribution in [0, 0.1) is 6.92 Å². The van der Waals surface area contributed by atoms with Gasteiger partial charge in [0.1, 0.15) is 12.1 Å². The van der Waals surface area contributed by atoms with Crippen LogP contribution in [0.5, 0.6) is 0 Å². The standard InChI is InChI=1S/C15H13ClN4O3/c1-9-12-7-17-20(11-5-3-4-10(16)6-11)14(12)15(22)19(18-9)8-13(21)23-2/h3-7H,8H2,1-2H3. The molecule has 2 aromatic heterocycles. The van der Waals surface area contributed by atoms with Gasteiger partial charge in [0.2, 0.25) is 0 Å². The van der Waals surface area contributed by atoms with E-state index in [9.17, 15) is 9.59 Å². The molecule has 8 heteroatoms. The van der Waals surface area contributed by atoms with E-state index in [1.807, 2.05) is 0 Å². The molecule has 0 bridgehead atoms. The van der Waals surface area contributed by atoms with E-state index >= 15 is 0 Å². The summed E-state index contributed by atoms with van der Waals surface area (Å²) in [6, 6.07) is 7.00. The highest BCUT2D eigenvalue weighted by Gasteiger charge is 2.16. The van der Waals surface area contributed by atoms with Crippen molar-refractivity contribution in [2.75, 3.05) is 7.11 Å². The summed E-state index contributed by atoms with van der Waals surface area (Å²) in [6.45, 7) is 1.49. The number of carbonyl (C=O) groups excluding carboxylic acids is 1. The molecule has 0 saturated carbocycles. The minimum absolute atomic E-state index is 0.257. The van der Waals surface area contributed by atoms with Gasteiger partial charge < -0.3 is 4.74 Å². The second kappa shape index (κ2) is 5.85. The van der Waals surface area contributed by atoms with Crippen molar-refractivity contribution in [3.63, 3.8) is 0 Å². The lowest BCUT2D eigenvalue weighted by Crippen LogP contribution is -2.29. The summed E-state index contributed by atoms with van der Waals surface area (Å²) in [6.07, 6.45) is 1.57. The van der Waals surface area contributed by atoms with Gasteiger partial charge in [-0.2, -0.15) is 10.2 Å². The Labute approximate surface area is 136 Å². The Bertz CT molecular complexity index is 961. The minimum Gasteiger partial charge on any atom is -0.468 e. The Morgan fingerprint density at radius 2 is 2.17 bits per heavy atom. The number of nitrogens with zero attached hydrogens (tertiary/aromatic N) is 4. The summed E-state index contributed by atoms with van der Waals surface area (Å²) in [4.78, 5) is 24.1. The molecule has 3 rings (SSSR count). The molecule has 0 radical (unpaired) electrons. The Hall–Kier alpha value is -2.67. The second-order valence-corrected chi connectivity index (χ2v) is 5.36. The lowest BCUT2D eigenvalue weighted by Gasteiger charge is -2.07. The number of methoxy groups -OCH3 is 1. The van der Waals surface area contributed by atoms with Gasteiger partial charge in [0, 0.05) is 10.4 Å². The highest BCUT2D eigenvalue weighted by Crippen LogP contribution is 2.19. The van der Waals surface area contributed by atoms with Gasteiger partial charge in [0.25, 0.3) is 5.56 Å². The first-order valence-corrected chi connectivity index (χ1v) is 7.17. The number of aryl methyl sites for hydroxylation is 1. The molecule has 0 aliphatic heterocycles. The zero-order valence-corrected chi connectivity index (χ0v) is 13.2. The highest BCUT2D eigenvalue weighted by atomic mass is 35.5. The van der Waals surface area contributed by atoms with Crippen LogP contribution in [0.25, 0.3) is 16.6 Å². The molecule has 2 heterocycles. The highest BCUT2D eigenvalue weighted by molar-refractivity contribution is 6.30.